The third-order valence-electron chi connectivity index (χ3n) is 1.92. The first-order valence-corrected chi connectivity index (χ1v) is 4.03. The van der Waals surface area contributed by atoms with E-state index < -0.39 is 24.0 Å². The van der Waals surface area contributed by atoms with Gasteiger partial charge in [-0.05, 0) is 0 Å². The minimum absolute atomic E-state index is 0. The summed E-state index contributed by atoms with van der Waals surface area (Å²) in [5.41, 5.74) is -0.642. The predicted octanol–water partition coefficient (Wildman–Crippen LogP) is 4.43. The van der Waals surface area contributed by atoms with Crippen molar-refractivity contribution in [1.82, 2.24) is 0 Å². The Morgan fingerprint density at radius 2 is 1.56 bits per heavy atom. The van der Waals surface area contributed by atoms with E-state index in [1.807, 2.05) is 0 Å². The first-order chi connectivity index (χ1) is 6.43. The van der Waals surface area contributed by atoms with Gasteiger partial charge in [0.05, 0.1) is 0 Å². The Morgan fingerprint density at radius 1 is 1.06 bits per heavy atom. The minimum Gasteiger partial charge on any atom is -0.358 e. The van der Waals surface area contributed by atoms with E-state index in [0.29, 0.717) is 5.56 Å². The summed E-state index contributed by atoms with van der Waals surface area (Å²) < 4.78 is 49.6. The Balaban J connectivity index is 0. The van der Waals surface area contributed by atoms with E-state index in [1.54, 1.807) is 6.92 Å². The number of rotatable bonds is 2. The Labute approximate surface area is 107 Å². The van der Waals surface area contributed by atoms with Crippen LogP contribution in [0.2, 0.25) is 0 Å². The molecule has 0 aliphatic carbocycles. The van der Waals surface area contributed by atoms with Crippen LogP contribution in [0.4, 0.5) is 17.6 Å². The van der Waals surface area contributed by atoms with Crippen molar-refractivity contribution in [3.05, 3.63) is 41.8 Å². The van der Waals surface area contributed by atoms with Crippen LogP contribution >= 0.6 is 0 Å². The van der Waals surface area contributed by atoms with Crippen LogP contribution in [0, 0.1) is 27.3 Å². The molecule has 0 fully saturated rings. The zero-order valence-electron chi connectivity index (χ0n) is 9.15. The van der Waals surface area contributed by atoms with E-state index in [9.17, 15) is 17.6 Å². The van der Waals surface area contributed by atoms with E-state index in [1.165, 1.54) is 13.0 Å². The fourth-order valence-corrected chi connectivity index (χ4v) is 1.39. The minimum atomic E-state index is -2.90. The smallest absolute Gasteiger partial charge is 0.358 e. The molecule has 0 bridgehead atoms. The van der Waals surface area contributed by atoms with E-state index in [4.69, 9.17) is 0 Å². The van der Waals surface area contributed by atoms with Gasteiger partial charge >= 0.3 is 21.1 Å². The standard InChI is InChI=1S/C10H9F4.CH3.W/c1-5-3-6(2)8(10(13)14)7(4-5)9(11)12;;/h3,9-10H,1-2H3;1H3;/q2*-1;+2. The van der Waals surface area contributed by atoms with Crippen molar-refractivity contribution >= 4 is 0 Å². The molecule has 1 rings (SSSR count). The number of alkyl halides is 4. The summed E-state index contributed by atoms with van der Waals surface area (Å²) in [5.74, 6) is 0. The summed E-state index contributed by atoms with van der Waals surface area (Å²) in [7, 11) is 0. The summed E-state index contributed by atoms with van der Waals surface area (Å²) in [4.78, 5) is 0. The van der Waals surface area contributed by atoms with E-state index in [-0.39, 0.29) is 34.1 Å². The molecule has 0 saturated heterocycles. The van der Waals surface area contributed by atoms with Crippen molar-refractivity contribution in [3.63, 3.8) is 0 Å². The zero-order chi connectivity index (χ0) is 10.9. The molecule has 1 aromatic rings. The molecule has 1 aromatic carbocycles. The molecule has 0 aliphatic rings. The third kappa shape index (κ3) is 3.89. The van der Waals surface area contributed by atoms with Crippen molar-refractivity contribution in [3.8, 4) is 0 Å². The third-order valence-corrected chi connectivity index (χ3v) is 1.92. The van der Waals surface area contributed by atoms with Crippen molar-refractivity contribution in [1.29, 1.82) is 0 Å². The molecule has 0 N–H and O–H groups in total. The number of hydrogen-bond acceptors (Lipinski definition) is 0. The number of benzene rings is 1. The molecule has 0 spiro atoms. The van der Waals surface area contributed by atoms with Gasteiger partial charge in [-0.3, -0.25) is 0 Å². The average Bonchev–Trinajstić information content (AvgIpc) is 2.01. The Morgan fingerprint density at radius 3 is 1.94 bits per heavy atom. The van der Waals surface area contributed by atoms with Crippen molar-refractivity contribution in [2.24, 2.45) is 0 Å². The van der Waals surface area contributed by atoms with Gasteiger partial charge in [-0.15, -0.1) is 0 Å². The largest absolute Gasteiger partial charge is 2.00 e. The van der Waals surface area contributed by atoms with Gasteiger partial charge in [-0.2, -0.15) is 23.3 Å². The molecule has 0 amide bonds. The monoisotopic (exact) mass is 404 g/mol. The number of hydrogen-bond donors (Lipinski definition) is 0. The first kappa shape index (κ1) is 18.0. The van der Waals surface area contributed by atoms with Gasteiger partial charge < -0.3 is 7.43 Å². The molecular weight excluding hydrogens is 392 g/mol. The molecule has 0 unspecified atom stereocenters. The molecule has 90 valence electrons. The number of halogens is 4. The second kappa shape index (κ2) is 7.05. The molecule has 0 radical (unpaired) electrons. The van der Waals surface area contributed by atoms with Crippen LogP contribution in [0.5, 0.6) is 0 Å². The second-order valence-corrected chi connectivity index (χ2v) is 3.06. The fourth-order valence-electron chi connectivity index (χ4n) is 1.39. The molecule has 0 atom stereocenters. The quantitative estimate of drug-likeness (QED) is 0.506. The van der Waals surface area contributed by atoms with E-state index in [2.05, 4.69) is 6.07 Å². The van der Waals surface area contributed by atoms with Crippen molar-refractivity contribution < 1.29 is 38.6 Å². The van der Waals surface area contributed by atoms with Crippen LogP contribution in [0.15, 0.2) is 6.07 Å². The molecule has 5 heteroatoms. The van der Waals surface area contributed by atoms with Crippen LogP contribution in [0.1, 0.15) is 35.1 Å². The Kier molecular flexibility index (Phi) is 7.94. The summed E-state index contributed by atoms with van der Waals surface area (Å²) in [6, 6.07) is 3.69. The summed E-state index contributed by atoms with van der Waals surface area (Å²) in [6.45, 7) is 2.95. The van der Waals surface area contributed by atoms with Gasteiger partial charge in [0, 0.05) is 0 Å². The Bertz CT molecular complexity index is 337. The average molecular weight is 404 g/mol. The molecular formula is C11H12F4W. The van der Waals surface area contributed by atoms with E-state index in [0.717, 1.165) is 0 Å². The van der Waals surface area contributed by atoms with Crippen molar-refractivity contribution in [2.75, 3.05) is 0 Å². The molecule has 0 aliphatic heterocycles. The van der Waals surface area contributed by atoms with Gasteiger partial charge in [0.25, 0.3) is 0 Å². The molecule has 0 aromatic heterocycles. The van der Waals surface area contributed by atoms with Gasteiger partial charge in [0.15, 0.2) is 0 Å². The van der Waals surface area contributed by atoms with Crippen LogP contribution in [-0.2, 0) is 21.1 Å². The maximum absolute atomic E-state index is 12.4. The molecule has 0 nitrogen and oxygen atoms in total. The maximum atomic E-state index is 12.4. The zero-order valence-corrected chi connectivity index (χ0v) is 12.1. The summed E-state index contributed by atoms with van der Waals surface area (Å²) in [6.07, 6.45) is -5.78. The van der Waals surface area contributed by atoms with Gasteiger partial charge in [-0.25, -0.2) is 17.6 Å². The maximum Gasteiger partial charge on any atom is 2.00 e. The predicted molar refractivity (Wildman–Crippen MR) is 51.1 cm³/mol. The summed E-state index contributed by atoms with van der Waals surface area (Å²) >= 11 is 0. The molecule has 0 heterocycles. The Hall–Kier alpha value is -0.372. The fraction of sp³-hybridized carbons (Fsp3) is 0.364. The van der Waals surface area contributed by atoms with Crippen molar-refractivity contribution in [2.45, 2.75) is 26.7 Å². The van der Waals surface area contributed by atoms with E-state index >= 15 is 0 Å². The van der Waals surface area contributed by atoms with Crippen LogP contribution in [0.3, 0.4) is 0 Å². The normalized spacial score (nSPS) is 10.0. The first-order valence-electron chi connectivity index (χ1n) is 4.03. The van der Waals surface area contributed by atoms with Crippen LogP contribution in [0.25, 0.3) is 0 Å². The topological polar surface area (TPSA) is 0 Å². The summed E-state index contributed by atoms with van der Waals surface area (Å²) in [5, 5.41) is 0. The van der Waals surface area contributed by atoms with Gasteiger partial charge in [0.1, 0.15) is 0 Å². The second-order valence-electron chi connectivity index (χ2n) is 3.06. The van der Waals surface area contributed by atoms with Gasteiger partial charge in [-0.1, -0.05) is 25.0 Å². The molecule has 0 saturated carbocycles. The SMILES string of the molecule is Cc1[c-]c(C(F)F)c(C(F)F)c(C)c1.[CH3-].[W+2]. The van der Waals surface area contributed by atoms with Crippen LogP contribution in [-0.4, -0.2) is 0 Å². The number of aryl methyl sites for hydroxylation is 2. The van der Waals surface area contributed by atoms with Gasteiger partial charge in [0.2, 0.25) is 12.9 Å². The molecule has 16 heavy (non-hydrogen) atoms. The van der Waals surface area contributed by atoms with Crippen LogP contribution < -0.4 is 0 Å².